The number of aliphatic hydroxyl groups excluding tert-OH is 1. The van der Waals surface area contributed by atoms with Crippen LogP contribution in [0.2, 0.25) is 0 Å². The molecule has 0 bridgehead atoms. The highest BCUT2D eigenvalue weighted by atomic mass is 16.3. The maximum absolute atomic E-state index is 12.0. The highest BCUT2D eigenvalue weighted by Gasteiger charge is 2.12. The molecule has 10 heteroatoms. The summed E-state index contributed by atoms with van der Waals surface area (Å²) in [5, 5.41) is 33.0. The minimum atomic E-state index is -0.333. The monoisotopic (exact) mass is 472 g/mol. The minimum absolute atomic E-state index is 0.0572. The lowest BCUT2D eigenvalue weighted by Gasteiger charge is -2.12. The van der Waals surface area contributed by atoms with Crippen LogP contribution in [0.25, 0.3) is 16.9 Å². The van der Waals surface area contributed by atoms with Gasteiger partial charge in [0.25, 0.3) is 0 Å². The van der Waals surface area contributed by atoms with E-state index in [2.05, 4.69) is 26.0 Å². The SMILES string of the molecule is [B]c1cnn2c(NCCCCNC(=O)N/C(C)=C/C(O)=C\C=C/C)cc(-c3ccccc3O)nc12. The van der Waals surface area contributed by atoms with Gasteiger partial charge in [0.05, 0.1) is 5.69 Å². The molecule has 0 aliphatic rings. The van der Waals surface area contributed by atoms with Gasteiger partial charge in [0.2, 0.25) is 0 Å². The molecule has 9 nitrogen and oxygen atoms in total. The van der Waals surface area contributed by atoms with Gasteiger partial charge < -0.3 is 26.2 Å². The second kappa shape index (κ2) is 12.3. The summed E-state index contributed by atoms with van der Waals surface area (Å²) in [6.07, 6.45) is 9.59. The normalized spacial score (nSPS) is 12.3. The number of amides is 2. The number of allylic oxidation sites excluding steroid dienone is 5. The van der Waals surface area contributed by atoms with E-state index in [9.17, 15) is 15.0 Å². The lowest BCUT2D eigenvalue weighted by molar-refractivity contribution is 0.243. The predicted octanol–water partition coefficient (Wildman–Crippen LogP) is 3.31. The molecule has 0 aliphatic heterocycles. The van der Waals surface area contributed by atoms with Crippen molar-refractivity contribution in [3.05, 3.63) is 72.3 Å². The van der Waals surface area contributed by atoms with Gasteiger partial charge in [-0.05, 0) is 56.4 Å². The third-order valence-corrected chi connectivity index (χ3v) is 5.01. The molecule has 2 heterocycles. The number of anilines is 1. The number of fused-ring (bicyclic) bond motifs is 1. The number of aromatic hydroxyl groups is 1. The maximum atomic E-state index is 12.0. The van der Waals surface area contributed by atoms with E-state index < -0.39 is 0 Å². The molecule has 2 amide bonds. The van der Waals surface area contributed by atoms with Gasteiger partial charge in [0.15, 0.2) is 5.65 Å². The van der Waals surface area contributed by atoms with E-state index in [-0.39, 0.29) is 17.5 Å². The standard InChI is InChI=1S/C25H29BN6O3/c1-3-4-9-18(33)14-17(2)30-25(35)28-13-8-7-12-27-23-15-21(19-10-5-6-11-22(19)34)31-24-20(26)16-29-32(23)24/h3-6,9-11,14-16,27,33-34H,7-8,12-13H2,1-2H3,(H2,28,30,35)/b4-3-,17-14+,18-9+. The topological polar surface area (TPSA) is 124 Å². The Bertz CT molecular complexity index is 1270. The number of unbranched alkanes of at least 4 members (excludes halogenated alkanes) is 1. The highest BCUT2D eigenvalue weighted by Crippen LogP contribution is 2.29. The molecule has 0 spiro atoms. The molecular weight excluding hydrogens is 443 g/mol. The molecule has 35 heavy (non-hydrogen) atoms. The van der Waals surface area contributed by atoms with E-state index in [1.54, 1.807) is 41.8 Å². The zero-order valence-electron chi connectivity index (χ0n) is 19.8. The lowest BCUT2D eigenvalue weighted by Crippen LogP contribution is -2.35. The zero-order valence-corrected chi connectivity index (χ0v) is 19.8. The van der Waals surface area contributed by atoms with Gasteiger partial charge in [-0.3, -0.25) is 0 Å². The zero-order chi connectivity index (χ0) is 25.2. The molecule has 2 aromatic heterocycles. The van der Waals surface area contributed by atoms with Crippen LogP contribution in [0.4, 0.5) is 10.6 Å². The largest absolute Gasteiger partial charge is 0.508 e. The molecule has 180 valence electrons. The van der Waals surface area contributed by atoms with Crippen LogP contribution < -0.4 is 21.4 Å². The number of rotatable bonds is 10. The van der Waals surface area contributed by atoms with E-state index in [4.69, 9.17) is 7.85 Å². The number of aromatic nitrogens is 3. The molecular formula is C25H29BN6O3. The molecule has 0 aliphatic carbocycles. The van der Waals surface area contributed by atoms with Crippen molar-refractivity contribution in [2.75, 3.05) is 18.4 Å². The number of urea groups is 1. The summed E-state index contributed by atoms with van der Waals surface area (Å²) in [6.45, 7) is 4.67. The second-order valence-corrected chi connectivity index (χ2v) is 7.84. The Morgan fingerprint density at radius 3 is 2.77 bits per heavy atom. The van der Waals surface area contributed by atoms with Gasteiger partial charge >= 0.3 is 6.03 Å². The van der Waals surface area contributed by atoms with E-state index >= 15 is 0 Å². The summed E-state index contributed by atoms with van der Waals surface area (Å²) in [4.78, 5) is 16.6. The summed E-state index contributed by atoms with van der Waals surface area (Å²) >= 11 is 0. The molecule has 0 saturated carbocycles. The number of para-hydroxylation sites is 1. The molecule has 0 saturated heterocycles. The first-order valence-corrected chi connectivity index (χ1v) is 11.3. The summed E-state index contributed by atoms with van der Waals surface area (Å²) in [7, 11) is 6.03. The molecule has 5 N–H and O–H groups in total. The Morgan fingerprint density at radius 2 is 2.00 bits per heavy atom. The van der Waals surface area contributed by atoms with Gasteiger partial charge in [-0.15, -0.1) is 0 Å². The Kier molecular flexibility index (Phi) is 8.94. The number of hydrogen-bond acceptors (Lipinski definition) is 6. The maximum Gasteiger partial charge on any atom is 0.318 e. The molecule has 2 radical (unpaired) electrons. The Hall–Kier alpha value is -4.21. The predicted molar refractivity (Wildman–Crippen MR) is 139 cm³/mol. The fourth-order valence-electron chi connectivity index (χ4n) is 3.33. The van der Waals surface area contributed by atoms with E-state index in [1.165, 1.54) is 18.3 Å². The first-order valence-electron chi connectivity index (χ1n) is 11.3. The number of phenolic OH excluding ortho intramolecular Hbond substituents is 1. The van der Waals surface area contributed by atoms with Crippen molar-refractivity contribution >= 4 is 30.8 Å². The molecule has 1 aromatic carbocycles. The van der Waals surface area contributed by atoms with Gasteiger partial charge in [-0.2, -0.15) is 9.61 Å². The first kappa shape index (κ1) is 25.4. The molecule has 3 rings (SSSR count). The van der Waals surface area contributed by atoms with Crippen molar-refractivity contribution in [3.63, 3.8) is 0 Å². The summed E-state index contributed by atoms with van der Waals surface area (Å²) in [6, 6.07) is 8.46. The number of phenols is 1. The molecule has 3 aromatic rings. The van der Waals surface area contributed by atoms with E-state index in [0.717, 1.165) is 12.8 Å². The second-order valence-electron chi connectivity index (χ2n) is 7.84. The Balaban J connectivity index is 1.51. The molecule has 0 atom stereocenters. The van der Waals surface area contributed by atoms with Crippen molar-refractivity contribution in [1.29, 1.82) is 0 Å². The van der Waals surface area contributed by atoms with Crippen LogP contribution >= 0.6 is 0 Å². The number of carbonyl (C=O) groups excluding carboxylic acids is 1. The van der Waals surface area contributed by atoms with Crippen LogP contribution in [-0.2, 0) is 0 Å². The van der Waals surface area contributed by atoms with Crippen LogP contribution in [0.1, 0.15) is 26.7 Å². The van der Waals surface area contributed by atoms with Crippen LogP contribution in [0.15, 0.2) is 72.3 Å². The van der Waals surface area contributed by atoms with E-state index in [1.807, 2.05) is 19.1 Å². The van der Waals surface area contributed by atoms with Crippen LogP contribution in [0, 0.1) is 0 Å². The van der Waals surface area contributed by atoms with Crippen LogP contribution in [0.3, 0.4) is 0 Å². The number of carbonyl (C=O) groups is 1. The number of benzene rings is 1. The number of nitrogens with one attached hydrogen (secondary N) is 3. The first-order chi connectivity index (χ1) is 16.9. The quantitative estimate of drug-likeness (QED) is 0.134. The fraction of sp³-hybridized carbons (Fsp3) is 0.240. The highest BCUT2D eigenvalue weighted by molar-refractivity contribution is 6.36. The molecule has 0 unspecified atom stereocenters. The average Bonchev–Trinajstić information content (AvgIpc) is 3.20. The van der Waals surface area contributed by atoms with Gasteiger partial charge in [0, 0.05) is 36.6 Å². The smallest absolute Gasteiger partial charge is 0.318 e. The number of hydrogen-bond donors (Lipinski definition) is 5. The number of aliphatic hydroxyl groups is 1. The number of nitrogens with zero attached hydrogens (tertiary/aromatic N) is 3. The average molecular weight is 472 g/mol. The summed E-state index contributed by atoms with van der Waals surface area (Å²) in [5.41, 5.74) is 2.66. The third-order valence-electron chi connectivity index (χ3n) is 5.01. The lowest BCUT2D eigenvalue weighted by atomic mass is 10.0. The molecule has 0 fully saturated rings. The summed E-state index contributed by atoms with van der Waals surface area (Å²) in [5.74, 6) is 0.885. The van der Waals surface area contributed by atoms with Crippen LogP contribution in [0.5, 0.6) is 5.75 Å². The van der Waals surface area contributed by atoms with Crippen molar-refractivity contribution in [2.24, 2.45) is 0 Å². The van der Waals surface area contributed by atoms with Crippen molar-refractivity contribution in [3.8, 4) is 17.0 Å². The Morgan fingerprint density at radius 1 is 1.23 bits per heavy atom. The van der Waals surface area contributed by atoms with E-state index in [0.29, 0.717) is 47.0 Å². The van der Waals surface area contributed by atoms with Gasteiger partial charge in [-0.1, -0.05) is 24.3 Å². The van der Waals surface area contributed by atoms with Gasteiger partial charge in [0.1, 0.15) is 25.2 Å². The van der Waals surface area contributed by atoms with Crippen molar-refractivity contribution in [1.82, 2.24) is 25.2 Å². The van der Waals surface area contributed by atoms with Crippen LogP contribution in [-0.4, -0.2) is 51.8 Å². The van der Waals surface area contributed by atoms with Gasteiger partial charge in [-0.25, -0.2) is 9.78 Å². The van der Waals surface area contributed by atoms with Crippen molar-refractivity contribution < 1.29 is 15.0 Å². The van der Waals surface area contributed by atoms with Crippen molar-refractivity contribution in [2.45, 2.75) is 26.7 Å². The fourth-order valence-corrected chi connectivity index (χ4v) is 3.33. The minimum Gasteiger partial charge on any atom is -0.508 e. The summed E-state index contributed by atoms with van der Waals surface area (Å²) < 4.78 is 1.62. The Labute approximate surface area is 205 Å². The third kappa shape index (κ3) is 7.14.